The van der Waals surface area contributed by atoms with Gasteiger partial charge in [-0.15, -0.1) is 0 Å². The molecule has 0 saturated heterocycles. The van der Waals surface area contributed by atoms with Crippen LogP contribution in [0.15, 0.2) is 29.8 Å². The quantitative estimate of drug-likeness (QED) is 0.613. The Morgan fingerprint density at radius 2 is 2.00 bits per heavy atom. The Morgan fingerprint density at radius 1 is 1.32 bits per heavy atom. The first kappa shape index (κ1) is 15.9. The lowest BCUT2D eigenvalue weighted by Gasteiger charge is -2.19. The molecule has 0 aromatic heterocycles. The molecule has 0 atom stereocenters. The third kappa shape index (κ3) is 6.53. The fourth-order valence-electron chi connectivity index (χ4n) is 1.97. The molecule has 0 aliphatic heterocycles. The van der Waals surface area contributed by atoms with Gasteiger partial charge in [0.2, 0.25) is 0 Å². The molecule has 0 fully saturated rings. The SMILES string of the molecule is C/C(=C/CCNC(C)(C)C)Cc1cc(F)ccc1C. The Labute approximate surface area is 116 Å². The van der Waals surface area contributed by atoms with E-state index in [0.717, 1.165) is 30.5 Å². The van der Waals surface area contributed by atoms with Crippen LogP contribution in [-0.2, 0) is 6.42 Å². The minimum Gasteiger partial charge on any atom is -0.312 e. The molecule has 1 nitrogen and oxygen atoms in total. The molecular weight excluding hydrogens is 237 g/mol. The first-order valence-electron chi connectivity index (χ1n) is 6.93. The standard InChI is InChI=1S/C17H26FN/c1-13(7-6-10-19-17(3,4)5)11-15-12-16(18)9-8-14(15)2/h7-9,12,19H,6,10-11H2,1-5H3/b13-7-. The lowest BCUT2D eigenvalue weighted by Crippen LogP contribution is -2.36. The van der Waals surface area contributed by atoms with Crippen molar-refractivity contribution in [2.75, 3.05) is 6.54 Å². The van der Waals surface area contributed by atoms with Crippen molar-refractivity contribution in [2.45, 2.75) is 53.0 Å². The van der Waals surface area contributed by atoms with Crippen LogP contribution in [0.3, 0.4) is 0 Å². The van der Waals surface area contributed by atoms with Gasteiger partial charge in [-0.3, -0.25) is 0 Å². The van der Waals surface area contributed by atoms with E-state index >= 15 is 0 Å². The van der Waals surface area contributed by atoms with Gasteiger partial charge in [-0.05, 0) is 77.3 Å². The van der Waals surface area contributed by atoms with Gasteiger partial charge in [-0.2, -0.15) is 0 Å². The van der Waals surface area contributed by atoms with E-state index in [1.807, 2.05) is 13.0 Å². The zero-order valence-corrected chi connectivity index (χ0v) is 12.8. The fraction of sp³-hybridized carbons (Fsp3) is 0.529. The molecule has 19 heavy (non-hydrogen) atoms. The summed E-state index contributed by atoms with van der Waals surface area (Å²) in [5.41, 5.74) is 3.70. The third-order valence-electron chi connectivity index (χ3n) is 3.07. The maximum atomic E-state index is 13.2. The van der Waals surface area contributed by atoms with Crippen LogP contribution >= 0.6 is 0 Å². The highest BCUT2D eigenvalue weighted by atomic mass is 19.1. The van der Waals surface area contributed by atoms with Gasteiger partial charge < -0.3 is 5.32 Å². The highest BCUT2D eigenvalue weighted by Crippen LogP contribution is 2.15. The van der Waals surface area contributed by atoms with E-state index in [-0.39, 0.29) is 11.4 Å². The summed E-state index contributed by atoms with van der Waals surface area (Å²) in [7, 11) is 0. The molecular formula is C17H26FN. The number of hydrogen-bond acceptors (Lipinski definition) is 1. The zero-order valence-electron chi connectivity index (χ0n) is 12.8. The van der Waals surface area contributed by atoms with E-state index < -0.39 is 0 Å². The van der Waals surface area contributed by atoms with Crippen molar-refractivity contribution in [2.24, 2.45) is 0 Å². The normalized spacial score (nSPS) is 12.8. The average Bonchev–Trinajstić information content (AvgIpc) is 2.28. The van der Waals surface area contributed by atoms with Crippen molar-refractivity contribution in [3.63, 3.8) is 0 Å². The van der Waals surface area contributed by atoms with E-state index in [0.29, 0.717) is 0 Å². The Bertz CT molecular complexity index is 441. The number of allylic oxidation sites excluding steroid dienone is 1. The topological polar surface area (TPSA) is 12.0 Å². The zero-order chi connectivity index (χ0) is 14.5. The van der Waals surface area contributed by atoms with Crippen LogP contribution in [0.25, 0.3) is 0 Å². The summed E-state index contributed by atoms with van der Waals surface area (Å²) in [6.45, 7) is 11.6. The molecule has 0 radical (unpaired) electrons. The molecule has 0 heterocycles. The lowest BCUT2D eigenvalue weighted by molar-refractivity contribution is 0.431. The minimum absolute atomic E-state index is 0.150. The Balaban J connectivity index is 2.50. The van der Waals surface area contributed by atoms with Crippen LogP contribution in [0.4, 0.5) is 4.39 Å². The molecule has 1 aromatic carbocycles. The summed E-state index contributed by atoms with van der Waals surface area (Å²) in [5.74, 6) is -0.150. The highest BCUT2D eigenvalue weighted by molar-refractivity contribution is 5.30. The number of rotatable bonds is 5. The molecule has 0 unspecified atom stereocenters. The van der Waals surface area contributed by atoms with Crippen molar-refractivity contribution in [1.29, 1.82) is 0 Å². The number of halogens is 1. The second-order valence-corrected chi connectivity index (χ2v) is 6.26. The molecule has 0 aliphatic carbocycles. The predicted molar refractivity (Wildman–Crippen MR) is 81.0 cm³/mol. The van der Waals surface area contributed by atoms with Crippen molar-refractivity contribution >= 4 is 0 Å². The summed E-state index contributed by atoms with van der Waals surface area (Å²) < 4.78 is 13.2. The highest BCUT2D eigenvalue weighted by Gasteiger charge is 2.06. The minimum atomic E-state index is -0.150. The first-order valence-corrected chi connectivity index (χ1v) is 6.93. The maximum Gasteiger partial charge on any atom is 0.123 e. The van der Waals surface area contributed by atoms with Crippen molar-refractivity contribution in [3.05, 3.63) is 46.8 Å². The van der Waals surface area contributed by atoms with Crippen LogP contribution < -0.4 is 5.32 Å². The van der Waals surface area contributed by atoms with E-state index in [1.165, 1.54) is 11.6 Å². The molecule has 1 N–H and O–H groups in total. The van der Waals surface area contributed by atoms with Gasteiger partial charge in [-0.25, -0.2) is 4.39 Å². The molecule has 2 heteroatoms. The molecule has 0 amide bonds. The lowest BCUT2D eigenvalue weighted by atomic mass is 10.0. The van der Waals surface area contributed by atoms with Crippen LogP contribution in [-0.4, -0.2) is 12.1 Å². The summed E-state index contributed by atoms with van der Waals surface area (Å²) in [5, 5.41) is 3.46. The second kappa shape index (κ2) is 6.85. The monoisotopic (exact) mass is 263 g/mol. The second-order valence-electron chi connectivity index (χ2n) is 6.26. The molecule has 1 rings (SSSR count). The maximum absolute atomic E-state index is 13.2. The Morgan fingerprint density at radius 3 is 2.63 bits per heavy atom. The van der Waals surface area contributed by atoms with Gasteiger partial charge in [0.05, 0.1) is 0 Å². The fourth-order valence-corrected chi connectivity index (χ4v) is 1.97. The Hall–Kier alpha value is -1.15. The van der Waals surface area contributed by atoms with Gasteiger partial charge in [-0.1, -0.05) is 17.7 Å². The van der Waals surface area contributed by atoms with Crippen molar-refractivity contribution < 1.29 is 4.39 Å². The van der Waals surface area contributed by atoms with Crippen LogP contribution in [0.2, 0.25) is 0 Å². The summed E-state index contributed by atoms with van der Waals surface area (Å²) >= 11 is 0. The van der Waals surface area contributed by atoms with Crippen LogP contribution in [0.5, 0.6) is 0 Å². The molecule has 0 bridgehead atoms. The van der Waals surface area contributed by atoms with E-state index in [9.17, 15) is 4.39 Å². The predicted octanol–water partition coefficient (Wildman–Crippen LogP) is 4.40. The van der Waals surface area contributed by atoms with Crippen LogP contribution in [0.1, 0.15) is 45.2 Å². The molecule has 0 aliphatic rings. The van der Waals surface area contributed by atoms with Gasteiger partial charge >= 0.3 is 0 Å². The van der Waals surface area contributed by atoms with Crippen LogP contribution in [0, 0.1) is 12.7 Å². The molecule has 0 saturated carbocycles. The smallest absolute Gasteiger partial charge is 0.123 e. The summed E-state index contributed by atoms with van der Waals surface area (Å²) in [6.07, 6.45) is 4.08. The van der Waals surface area contributed by atoms with Gasteiger partial charge in [0.15, 0.2) is 0 Å². The average molecular weight is 263 g/mol. The summed E-state index contributed by atoms with van der Waals surface area (Å²) in [4.78, 5) is 0. The van der Waals surface area contributed by atoms with E-state index in [1.54, 1.807) is 6.07 Å². The summed E-state index contributed by atoms with van der Waals surface area (Å²) in [6, 6.07) is 5.00. The van der Waals surface area contributed by atoms with Crippen molar-refractivity contribution in [1.82, 2.24) is 5.32 Å². The number of aryl methyl sites for hydroxylation is 1. The number of nitrogens with one attached hydrogen (secondary N) is 1. The van der Waals surface area contributed by atoms with Gasteiger partial charge in [0.1, 0.15) is 5.82 Å². The van der Waals surface area contributed by atoms with Gasteiger partial charge in [0.25, 0.3) is 0 Å². The number of benzene rings is 1. The van der Waals surface area contributed by atoms with E-state index in [4.69, 9.17) is 0 Å². The van der Waals surface area contributed by atoms with E-state index in [2.05, 4.69) is 39.1 Å². The third-order valence-corrected chi connectivity index (χ3v) is 3.07. The largest absolute Gasteiger partial charge is 0.312 e. The number of hydrogen-bond donors (Lipinski definition) is 1. The molecule has 0 spiro atoms. The first-order chi connectivity index (χ1) is 8.78. The van der Waals surface area contributed by atoms with Crippen molar-refractivity contribution in [3.8, 4) is 0 Å². The molecule has 106 valence electrons. The molecule has 1 aromatic rings. The Kier molecular flexibility index (Phi) is 5.74. The van der Waals surface area contributed by atoms with Gasteiger partial charge in [0, 0.05) is 5.54 Å².